The van der Waals surface area contributed by atoms with Gasteiger partial charge in [-0.05, 0) is 130 Å². The lowest BCUT2D eigenvalue weighted by molar-refractivity contribution is -0.125. The summed E-state index contributed by atoms with van der Waals surface area (Å²) in [6.07, 6.45) is 14.6. The van der Waals surface area contributed by atoms with Crippen LogP contribution in [0.3, 0.4) is 0 Å². The van der Waals surface area contributed by atoms with Gasteiger partial charge in [-0.3, -0.25) is 23.9 Å². The van der Waals surface area contributed by atoms with Crippen LogP contribution >= 0.6 is 0 Å². The van der Waals surface area contributed by atoms with E-state index in [0.29, 0.717) is 49.3 Å². The van der Waals surface area contributed by atoms with Crippen LogP contribution in [-0.2, 0) is 27.1 Å². The molecule has 1 aliphatic carbocycles. The van der Waals surface area contributed by atoms with Gasteiger partial charge in [0.15, 0.2) is 0 Å². The minimum atomic E-state index is -1.24. The molecule has 5 aliphatic rings. The van der Waals surface area contributed by atoms with Crippen LogP contribution in [0.2, 0.25) is 0 Å². The third kappa shape index (κ3) is 10.2. The highest BCUT2D eigenvalue weighted by Gasteiger charge is 2.36. The molecule has 1 aromatic heterocycles. The van der Waals surface area contributed by atoms with Crippen LogP contribution in [0.1, 0.15) is 116 Å². The summed E-state index contributed by atoms with van der Waals surface area (Å²) in [5.74, 6) is 1.27. The molecule has 336 valence electrons. The number of likely N-dealkylation sites (tertiary alicyclic amines) is 1. The summed E-state index contributed by atoms with van der Waals surface area (Å²) in [6, 6.07) is 17.5. The van der Waals surface area contributed by atoms with Crippen LogP contribution in [-0.4, -0.2) is 118 Å². The molecule has 2 atom stereocenters. The molecular weight excluding hydrogens is 815 g/mol. The topological polar surface area (TPSA) is 166 Å². The summed E-state index contributed by atoms with van der Waals surface area (Å²) in [5.41, 5.74) is 10.4. The fourth-order valence-electron chi connectivity index (χ4n) is 10.5. The van der Waals surface area contributed by atoms with Gasteiger partial charge in [-0.1, -0.05) is 25.0 Å². The first kappa shape index (κ1) is 44.6. The number of aromatic nitrogens is 1. The Morgan fingerprint density at radius 2 is 1.68 bits per heavy atom. The van der Waals surface area contributed by atoms with Crippen LogP contribution in [0.4, 0.5) is 11.5 Å². The Kier molecular flexibility index (Phi) is 14.6. The summed E-state index contributed by atoms with van der Waals surface area (Å²) in [7, 11) is 0.322. The van der Waals surface area contributed by atoms with E-state index < -0.39 is 17.0 Å². The summed E-state index contributed by atoms with van der Waals surface area (Å²) in [5, 5.41) is 2.65. The van der Waals surface area contributed by atoms with Crippen molar-refractivity contribution >= 4 is 53.1 Å². The number of fused-ring (bicyclic) bond motifs is 1. The number of pyridine rings is 1. The molecule has 0 radical (unpaired) electrons. The molecule has 8 rings (SSSR count). The van der Waals surface area contributed by atoms with Gasteiger partial charge < -0.3 is 30.5 Å². The Bertz CT molecular complexity index is 2250. The maximum absolute atomic E-state index is 13.9. The van der Waals surface area contributed by atoms with E-state index in [1.54, 1.807) is 28.6 Å². The maximum atomic E-state index is 13.9. The van der Waals surface area contributed by atoms with Crippen molar-refractivity contribution in [1.82, 2.24) is 24.0 Å². The number of rotatable bonds is 15. The van der Waals surface area contributed by atoms with Crippen LogP contribution in [0, 0.1) is 5.92 Å². The number of amides is 2. The van der Waals surface area contributed by atoms with Crippen molar-refractivity contribution in [2.24, 2.45) is 21.6 Å². The molecule has 4 fully saturated rings. The molecule has 2 unspecified atom stereocenters. The van der Waals surface area contributed by atoms with Crippen LogP contribution < -0.4 is 21.5 Å². The number of hydrogen-bond donors (Lipinski definition) is 2. The molecule has 1 saturated carbocycles. The number of benzene rings is 2. The highest BCUT2D eigenvalue weighted by Crippen LogP contribution is 2.35. The zero-order valence-corrected chi connectivity index (χ0v) is 37.4. The van der Waals surface area contributed by atoms with Gasteiger partial charge in [0, 0.05) is 87.9 Å². The molecule has 3 saturated heterocycles. The van der Waals surface area contributed by atoms with E-state index in [1.807, 2.05) is 24.4 Å². The molecule has 3 N–H and O–H groups in total. The Balaban J connectivity index is 0.786. The van der Waals surface area contributed by atoms with Crippen LogP contribution in [0.25, 0.3) is 0 Å². The summed E-state index contributed by atoms with van der Waals surface area (Å²) in [6.45, 7) is 6.94. The van der Waals surface area contributed by atoms with E-state index in [1.165, 1.54) is 11.9 Å². The number of nitrogens with zero attached hydrogens (tertiary/aromatic N) is 7. The van der Waals surface area contributed by atoms with Gasteiger partial charge >= 0.3 is 0 Å². The van der Waals surface area contributed by atoms with Gasteiger partial charge in [-0.15, -0.1) is 0 Å². The van der Waals surface area contributed by atoms with Crippen molar-refractivity contribution in [2.45, 2.75) is 113 Å². The molecule has 0 bridgehead atoms. The van der Waals surface area contributed by atoms with E-state index in [0.717, 1.165) is 125 Å². The van der Waals surface area contributed by atoms with Gasteiger partial charge in [0.25, 0.3) is 11.5 Å². The highest BCUT2D eigenvalue weighted by molar-refractivity contribution is 7.82. The molecule has 3 aromatic rings. The van der Waals surface area contributed by atoms with Crippen molar-refractivity contribution < 1.29 is 18.6 Å². The van der Waals surface area contributed by atoms with Crippen molar-refractivity contribution in [3.63, 3.8) is 0 Å². The van der Waals surface area contributed by atoms with Gasteiger partial charge in [0.05, 0.1) is 17.3 Å². The Morgan fingerprint density at radius 1 is 0.921 bits per heavy atom. The number of piperidine rings is 3. The van der Waals surface area contributed by atoms with Crippen LogP contribution in [0.15, 0.2) is 74.3 Å². The smallest absolute Gasteiger partial charge is 0.255 e. The second-order valence-electron chi connectivity index (χ2n) is 18.0. The number of carbonyl (C=O) groups excluding carboxylic acids is 3. The third-order valence-electron chi connectivity index (χ3n) is 14.1. The zero-order chi connectivity index (χ0) is 43.9. The molecule has 2 amide bonds. The second-order valence-corrected chi connectivity index (χ2v) is 19.4. The second kappa shape index (κ2) is 20.7. The lowest BCUT2D eigenvalue weighted by Crippen LogP contribution is -2.46. The number of anilines is 1. The van der Waals surface area contributed by atoms with E-state index >= 15 is 0 Å². The number of hydrogen-bond acceptors (Lipinski definition) is 9. The molecular formula is C48H63N9O5S. The molecule has 2 aromatic carbocycles. The Hall–Kier alpha value is -4.99. The average molecular weight is 878 g/mol. The van der Waals surface area contributed by atoms with Gasteiger partial charge in [0.2, 0.25) is 5.91 Å². The van der Waals surface area contributed by atoms with Gasteiger partial charge in [-0.25, -0.2) is 13.5 Å². The number of likely N-dealkylation sites (N-methyl/N-ethyl adjacent to an activating group) is 1. The number of nitrogens with two attached hydrogens (primary N) is 1. The lowest BCUT2D eigenvalue weighted by atomic mass is 9.88. The van der Waals surface area contributed by atoms with Gasteiger partial charge in [-0.2, -0.15) is 0 Å². The minimum absolute atomic E-state index is 0.0530. The number of aldehydes is 1. The molecule has 0 spiro atoms. The normalized spacial score (nSPS) is 21.1. The first-order chi connectivity index (χ1) is 30.7. The molecule has 15 heteroatoms. The maximum Gasteiger partial charge on any atom is 0.255 e. The SMILES string of the molecule is CNC(=O)C(CCC=O)N1Cc2cc(N3CCC(CN4CCC(c5cccc(S(=O)N6CCC(N=Cc7ccc(=O)n(C8CCCC8)c7/N=C/N)CC6)c5)CC4)CC3)ccc2C1=O. The fraction of sp³-hybridized carbons (Fsp3) is 0.542. The largest absolute Gasteiger partial charge is 0.390 e. The fourth-order valence-corrected chi connectivity index (χ4v) is 11.8. The zero-order valence-electron chi connectivity index (χ0n) is 36.6. The van der Waals surface area contributed by atoms with Crippen molar-refractivity contribution in [2.75, 3.05) is 57.8 Å². The molecule has 5 heterocycles. The first-order valence-corrected chi connectivity index (χ1v) is 24.2. The first-order valence-electron chi connectivity index (χ1n) is 23.1. The van der Waals surface area contributed by atoms with Crippen molar-refractivity contribution in [1.29, 1.82) is 0 Å². The monoisotopic (exact) mass is 877 g/mol. The Labute approximate surface area is 373 Å². The van der Waals surface area contributed by atoms with Crippen molar-refractivity contribution in [3.8, 4) is 0 Å². The van der Waals surface area contributed by atoms with E-state index in [4.69, 9.17) is 10.7 Å². The third-order valence-corrected chi connectivity index (χ3v) is 15.6. The Morgan fingerprint density at radius 3 is 2.40 bits per heavy atom. The molecule has 63 heavy (non-hydrogen) atoms. The highest BCUT2D eigenvalue weighted by atomic mass is 32.2. The van der Waals surface area contributed by atoms with E-state index in [-0.39, 0.29) is 35.9 Å². The standard InChI is InChI=1S/C48H63N9O5S/c1-50-47(60)44(10-5-27-58)56-32-38-28-41(12-13-43(38)48(56)61)54-23-15-34(16-24-54)31-53-21-17-35(18-22-53)36-6-4-9-42(29-36)63(62)55-25-19-39(20-26-55)51-30-37-11-14-45(59)57(46(37)52-33-49)40-7-2-3-8-40/h4,6,9,11-14,27-30,33-35,39-40,44H,2-3,5,7-8,10,15-26,31-32H2,1H3,(H2,49,52)(H,50,60). The number of carbonyl (C=O) groups is 3. The summed E-state index contributed by atoms with van der Waals surface area (Å²) < 4.78 is 17.7. The van der Waals surface area contributed by atoms with E-state index in [9.17, 15) is 23.4 Å². The van der Waals surface area contributed by atoms with Crippen LogP contribution in [0.5, 0.6) is 0 Å². The number of aliphatic imine (C=N–C) groups is 2. The molecule has 4 aliphatic heterocycles. The molecule has 14 nitrogen and oxygen atoms in total. The quantitative estimate of drug-likeness (QED) is 0.118. The summed E-state index contributed by atoms with van der Waals surface area (Å²) >= 11 is 0. The number of nitrogens with one attached hydrogen (secondary N) is 1. The predicted molar refractivity (Wildman–Crippen MR) is 248 cm³/mol. The van der Waals surface area contributed by atoms with Crippen molar-refractivity contribution in [3.05, 3.63) is 87.2 Å². The van der Waals surface area contributed by atoms with E-state index in [2.05, 4.69) is 48.7 Å². The van der Waals surface area contributed by atoms with Gasteiger partial charge in [0.1, 0.15) is 29.1 Å². The summed E-state index contributed by atoms with van der Waals surface area (Å²) in [4.78, 5) is 66.6. The lowest BCUT2D eigenvalue weighted by Gasteiger charge is -2.38. The average Bonchev–Trinajstić information content (AvgIpc) is 3.97. The minimum Gasteiger partial charge on any atom is -0.390 e. The predicted octanol–water partition coefficient (Wildman–Crippen LogP) is 5.33.